The Labute approximate surface area is 127 Å². The molecule has 1 saturated heterocycles. The van der Waals surface area contributed by atoms with Gasteiger partial charge in [0.15, 0.2) is 0 Å². The predicted octanol–water partition coefficient (Wildman–Crippen LogP) is 2.65. The van der Waals surface area contributed by atoms with Crippen molar-refractivity contribution in [2.24, 2.45) is 5.92 Å². The summed E-state index contributed by atoms with van der Waals surface area (Å²) >= 11 is 0. The minimum Gasteiger partial charge on any atom is -0.366 e. The molecule has 2 fully saturated rings. The number of nitrogens with zero attached hydrogens (tertiary/aromatic N) is 2. The van der Waals surface area contributed by atoms with Gasteiger partial charge in [-0.2, -0.15) is 0 Å². The Morgan fingerprint density at radius 3 is 3.00 bits per heavy atom. The molecule has 0 amide bonds. The van der Waals surface area contributed by atoms with Gasteiger partial charge in [-0.05, 0) is 37.0 Å². The first-order chi connectivity index (χ1) is 10.7. The molecule has 1 saturated carbocycles. The predicted molar refractivity (Wildman–Crippen MR) is 78.7 cm³/mol. The molecule has 2 heterocycles. The van der Waals surface area contributed by atoms with Crippen molar-refractivity contribution < 1.29 is 13.5 Å². The molecule has 1 aromatic heterocycles. The van der Waals surface area contributed by atoms with E-state index < -0.39 is 12.3 Å². The number of likely N-dealkylation sites (tertiary alicyclic amines) is 1. The van der Waals surface area contributed by atoms with Crippen LogP contribution in [0.25, 0.3) is 11.0 Å². The van der Waals surface area contributed by atoms with Crippen molar-refractivity contribution in [2.45, 2.75) is 31.7 Å². The van der Waals surface area contributed by atoms with E-state index >= 15 is 0 Å². The van der Waals surface area contributed by atoms with Crippen LogP contribution in [0, 0.1) is 11.7 Å². The largest absolute Gasteiger partial charge is 0.366 e. The Kier molecular flexibility index (Phi) is 3.58. The van der Waals surface area contributed by atoms with Gasteiger partial charge in [0.2, 0.25) is 0 Å². The number of ether oxygens (including phenoxy) is 1. The lowest BCUT2D eigenvalue weighted by molar-refractivity contribution is 0.00872. The van der Waals surface area contributed by atoms with Gasteiger partial charge in [-0.1, -0.05) is 0 Å². The first-order valence-electron chi connectivity index (χ1n) is 7.79. The molecule has 1 N–H and O–H groups in total. The van der Waals surface area contributed by atoms with E-state index in [0.29, 0.717) is 29.9 Å². The van der Waals surface area contributed by atoms with E-state index in [-0.39, 0.29) is 12.4 Å². The van der Waals surface area contributed by atoms with Crippen LogP contribution in [0.1, 0.15) is 18.7 Å². The second-order valence-electron chi connectivity index (χ2n) is 6.37. The molecule has 1 aliphatic carbocycles. The summed E-state index contributed by atoms with van der Waals surface area (Å²) in [6, 6.07) is 4.39. The van der Waals surface area contributed by atoms with Crippen molar-refractivity contribution in [3.8, 4) is 0 Å². The highest BCUT2D eigenvalue weighted by Gasteiger charge is 2.36. The summed E-state index contributed by atoms with van der Waals surface area (Å²) in [6.07, 6.45) is 1.20. The van der Waals surface area contributed by atoms with Crippen molar-refractivity contribution >= 4 is 11.0 Å². The molecule has 2 atom stereocenters. The number of aromatic amines is 1. The van der Waals surface area contributed by atoms with E-state index in [0.717, 1.165) is 12.5 Å². The van der Waals surface area contributed by atoms with Gasteiger partial charge in [0.25, 0.3) is 0 Å². The van der Waals surface area contributed by atoms with Gasteiger partial charge in [0.1, 0.15) is 30.5 Å². The first kappa shape index (κ1) is 14.1. The quantitative estimate of drug-likeness (QED) is 0.923. The Morgan fingerprint density at radius 2 is 2.18 bits per heavy atom. The van der Waals surface area contributed by atoms with Crippen LogP contribution < -0.4 is 0 Å². The van der Waals surface area contributed by atoms with Crippen molar-refractivity contribution in [3.05, 3.63) is 29.8 Å². The van der Waals surface area contributed by atoms with Gasteiger partial charge in [-0.3, -0.25) is 4.90 Å². The monoisotopic (exact) mass is 307 g/mol. The Hall–Kier alpha value is -1.53. The van der Waals surface area contributed by atoms with Crippen LogP contribution >= 0.6 is 0 Å². The Balaban J connectivity index is 1.36. The highest BCUT2D eigenvalue weighted by Crippen LogP contribution is 2.31. The average molecular weight is 307 g/mol. The van der Waals surface area contributed by atoms with E-state index in [1.807, 2.05) is 0 Å². The number of benzene rings is 1. The Morgan fingerprint density at radius 1 is 1.32 bits per heavy atom. The average Bonchev–Trinajstić information content (AvgIpc) is 3.09. The summed E-state index contributed by atoms with van der Waals surface area (Å²) in [5.41, 5.74) is 1.33. The summed E-state index contributed by atoms with van der Waals surface area (Å²) in [7, 11) is 0. The van der Waals surface area contributed by atoms with Crippen molar-refractivity contribution in [1.82, 2.24) is 14.9 Å². The fourth-order valence-corrected chi connectivity index (χ4v) is 3.07. The molecular weight excluding hydrogens is 288 g/mol. The molecule has 4 rings (SSSR count). The molecule has 1 aromatic carbocycles. The fourth-order valence-electron chi connectivity index (χ4n) is 3.07. The summed E-state index contributed by atoms with van der Waals surface area (Å²) < 4.78 is 32.9. The number of halogens is 2. The number of aromatic nitrogens is 2. The normalized spacial score (nSPS) is 26.1. The van der Waals surface area contributed by atoms with Crippen LogP contribution in [0.3, 0.4) is 0 Å². The number of imidazole rings is 1. The molecule has 4 nitrogen and oxygen atoms in total. The van der Waals surface area contributed by atoms with Crippen LogP contribution in [-0.4, -0.2) is 46.8 Å². The zero-order valence-corrected chi connectivity index (χ0v) is 12.3. The third-order valence-electron chi connectivity index (χ3n) is 4.41. The molecule has 22 heavy (non-hydrogen) atoms. The number of hydrogen-bond donors (Lipinski definition) is 1. The van der Waals surface area contributed by atoms with Crippen molar-refractivity contribution in [2.75, 3.05) is 19.6 Å². The van der Waals surface area contributed by atoms with Crippen molar-refractivity contribution in [3.63, 3.8) is 0 Å². The van der Waals surface area contributed by atoms with Gasteiger partial charge in [0.05, 0.1) is 11.0 Å². The second-order valence-corrected chi connectivity index (χ2v) is 6.37. The molecular formula is C16H19F2N3O. The number of alkyl halides is 1. The topological polar surface area (TPSA) is 41.1 Å². The van der Waals surface area contributed by atoms with Crippen LogP contribution in [0.2, 0.25) is 0 Å². The molecule has 1 aliphatic heterocycles. The standard InChI is InChI=1S/C16H19F2N3O/c17-11-3-4-13-14(5-11)20-16(19-13)9-22-15-8-21(7-12(15)18)6-10-1-2-10/h3-5,10,12,15H,1-2,6-9H2,(H,19,20). The Bertz CT molecular complexity index is 670. The van der Waals surface area contributed by atoms with Crippen LogP contribution in [0.5, 0.6) is 0 Å². The van der Waals surface area contributed by atoms with Crippen LogP contribution in [0.15, 0.2) is 18.2 Å². The number of hydrogen-bond acceptors (Lipinski definition) is 3. The maximum absolute atomic E-state index is 14.0. The van der Waals surface area contributed by atoms with Gasteiger partial charge < -0.3 is 9.72 Å². The van der Waals surface area contributed by atoms with Gasteiger partial charge in [-0.25, -0.2) is 13.8 Å². The minimum atomic E-state index is -0.944. The summed E-state index contributed by atoms with van der Waals surface area (Å²) in [5.74, 6) is 1.06. The van der Waals surface area contributed by atoms with E-state index in [1.54, 1.807) is 6.07 Å². The number of nitrogens with one attached hydrogen (secondary N) is 1. The maximum atomic E-state index is 14.0. The number of rotatable bonds is 5. The zero-order valence-electron chi connectivity index (χ0n) is 12.3. The molecule has 118 valence electrons. The molecule has 0 bridgehead atoms. The lowest BCUT2D eigenvalue weighted by Crippen LogP contribution is -2.25. The minimum absolute atomic E-state index is 0.221. The SMILES string of the molecule is Fc1ccc2nc(COC3CN(CC4CC4)CC3F)[nH]c2c1. The summed E-state index contributed by atoms with van der Waals surface area (Å²) in [6.45, 7) is 2.32. The highest BCUT2D eigenvalue weighted by molar-refractivity contribution is 5.74. The first-order valence-corrected chi connectivity index (χ1v) is 7.79. The second kappa shape index (κ2) is 5.59. The third-order valence-corrected chi connectivity index (χ3v) is 4.41. The zero-order chi connectivity index (χ0) is 15.1. The lowest BCUT2D eigenvalue weighted by Gasteiger charge is -2.14. The molecule has 6 heteroatoms. The smallest absolute Gasteiger partial charge is 0.140 e. The summed E-state index contributed by atoms with van der Waals surface area (Å²) in [5, 5.41) is 0. The lowest BCUT2D eigenvalue weighted by atomic mass is 10.3. The number of fused-ring (bicyclic) bond motifs is 1. The molecule has 0 spiro atoms. The van der Waals surface area contributed by atoms with Gasteiger partial charge in [0, 0.05) is 19.6 Å². The summed E-state index contributed by atoms with van der Waals surface area (Å²) in [4.78, 5) is 9.50. The maximum Gasteiger partial charge on any atom is 0.140 e. The van der Waals surface area contributed by atoms with E-state index in [9.17, 15) is 8.78 Å². The molecule has 2 aliphatic rings. The molecule has 0 radical (unpaired) electrons. The fraction of sp³-hybridized carbons (Fsp3) is 0.562. The van der Waals surface area contributed by atoms with E-state index in [2.05, 4.69) is 14.9 Å². The van der Waals surface area contributed by atoms with Crippen LogP contribution in [0.4, 0.5) is 8.78 Å². The van der Waals surface area contributed by atoms with Gasteiger partial charge >= 0.3 is 0 Å². The molecule has 2 aromatic rings. The third kappa shape index (κ3) is 2.98. The van der Waals surface area contributed by atoms with Gasteiger partial charge in [-0.15, -0.1) is 0 Å². The highest BCUT2D eigenvalue weighted by atomic mass is 19.1. The number of H-pyrrole nitrogens is 1. The van der Waals surface area contributed by atoms with Crippen LogP contribution in [-0.2, 0) is 11.3 Å². The van der Waals surface area contributed by atoms with E-state index in [1.165, 1.54) is 25.0 Å². The molecule has 2 unspecified atom stereocenters. The van der Waals surface area contributed by atoms with Crippen molar-refractivity contribution in [1.29, 1.82) is 0 Å². The van der Waals surface area contributed by atoms with E-state index in [4.69, 9.17) is 4.74 Å².